The van der Waals surface area contributed by atoms with Crippen LogP contribution in [-0.2, 0) is 4.79 Å². The number of fused-ring (bicyclic) bond motifs is 1. The van der Waals surface area contributed by atoms with E-state index in [-0.39, 0.29) is 11.8 Å². The van der Waals surface area contributed by atoms with Crippen molar-refractivity contribution in [3.05, 3.63) is 12.1 Å². The molecular formula is C28H43ClN6O3. The smallest absolute Gasteiger partial charge is 0.234 e. The van der Waals surface area contributed by atoms with Crippen LogP contribution in [0, 0.1) is 0 Å². The van der Waals surface area contributed by atoms with E-state index in [2.05, 4.69) is 20.9 Å². The molecule has 1 saturated carbocycles. The van der Waals surface area contributed by atoms with Gasteiger partial charge in [-0.15, -0.1) is 11.6 Å². The Morgan fingerprint density at radius 2 is 1.66 bits per heavy atom. The Morgan fingerprint density at radius 3 is 2.34 bits per heavy atom. The summed E-state index contributed by atoms with van der Waals surface area (Å²) in [6.07, 6.45) is 12.6. The number of alkyl halides is 1. The molecule has 0 atom stereocenters. The number of amides is 1. The summed E-state index contributed by atoms with van der Waals surface area (Å²) in [6, 6.07) is 4.94. The van der Waals surface area contributed by atoms with E-state index in [4.69, 9.17) is 31.0 Å². The minimum Gasteiger partial charge on any atom is -0.493 e. The van der Waals surface area contributed by atoms with E-state index in [1.807, 2.05) is 12.1 Å². The highest BCUT2D eigenvalue weighted by atomic mass is 35.5. The number of carbonyl (C=O) groups excluding carboxylic acids is 1. The van der Waals surface area contributed by atoms with E-state index in [1.54, 1.807) is 14.2 Å². The molecular weight excluding hydrogens is 504 g/mol. The summed E-state index contributed by atoms with van der Waals surface area (Å²) in [5.74, 6) is 2.44. The van der Waals surface area contributed by atoms with E-state index in [1.165, 1.54) is 44.9 Å². The number of carbonyl (C=O) groups is 1. The largest absolute Gasteiger partial charge is 0.493 e. The van der Waals surface area contributed by atoms with Crippen LogP contribution in [0.25, 0.3) is 10.9 Å². The van der Waals surface area contributed by atoms with Crippen molar-refractivity contribution in [2.45, 2.75) is 76.3 Å². The third-order valence-corrected chi connectivity index (χ3v) is 7.99. The van der Waals surface area contributed by atoms with Crippen molar-refractivity contribution in [1.29, 1.82) is 0 Å². The first-order valence-electron chi connectivity index (χ1n) is 14.1. The molecule has 1 aliphatic carbocycles. The van der Waals surface area contributed by atoms with Crippen LogP contribution in [0.3, 0.4) is 0 Å². The zero-order valence-electron chi connectivity index (χ0n) is 22.9. The van der Waals surface area contributed by atoms with Gasteiger partial charge in [-0.25, -0.2) is 4.98 Å². The van der Waals surface area contributed by atoms with Crippen LogP contribution in [0.1, 0.15) is 64.2 Å². The Balaban J connectivity index is 1.44. The molecule has 0 spiro atoms. The summed E-state index contributed by atoms with van der Waals surface area (Å²) < 4.78 is 11.1. The Morgan fingerprint density at radius 1 is 0.974 bits per heavy atom. The molecule has 10 heteroatoms. The van der Waals surface area contributed by atoms with Crippen LogP contribution in [-0.4, -0.2) is 79.1 Å². The molecule has 210 valence electrons. The number of aromatic nitrogens is 2. The van der Waals surface area contributed by atoms with Crippen molar-refractivity contribution >= 4 is 40.2 Å². The van der Waals surface area contributed by atoms with Crippen LogP contribution < -0.4 is 25.4 Å². The number of methoxy groups -OCH3 is 2. The molecule has 2 aromatic rings. The van der Waals surface area contributed by atoms with Gasteiger partial charge in [-0.05, 0) is 38.2 Å². The van der Waals surface area contributed by atoms with Crippen LogP contribution in [0.5, 0.6) is 11.5 Å². The van der Waals surface area contributed by atoms with Crippen molar-refractivity contribution < 1.29 is 14.3 Å². The molecule has 2 aliphatic rings. The number of rotatable bonds is 11. The van der Waals surface area contributed by atoms with Gasteiger partial charge in [0.15, 0.2) is 11.5 Å². The molecule has 0 unspecified atom stereocenters. The molecule has 38 heavy (non-hydrogen) atoms. The maximum atomic E-state index is 11.4. The van der Waals surface area contributed by atoms with Gasteiger partial charge in [0.1, 0.15) is 11.7 Å². The van der Waals surface area contributed by atoms with Crippen LogP contribution in [0.2, 0.25) is 0 Å². The standard InChI is InChI=1S/C28H43ClN6O3/c1-37-24-17-22-23(18-25(24)38-2)33-28(31-14-8-13-30-26(36)19-29)34-27(22)32-20-11-15-35(16-12-20)21-9-6-4-3-5-7-10-21/h17-18,20-21H,3-16,19H2,1-2H3,(H,30,36)(H2,31,32,33,34). The summed E-state index contributed by atoms with van der Waals surface area (Å²) in [7, 11) is 3.27. The fraction of sp³-hybridized carbons (Fsp3) is 0.679. The first-order chi connectivity index (χ1) is 18.6. The molecule has 9 nitrogen and oxygen atoms in total. The zero-order valence-corrected chi connectivity index (χ0v) is 23.6. The highest BCUT2D eigenvalue weighted by molar-refractivity contribution is 6.27. The van der Waals surface area contributed by atoms with Gasteiger partial charge in [-0.2, -0.15) is 4.98 Å². The van der Waals surface area contributed by atoms with Gasteiger partial charge < -0.3 is 30.3 Å². The number of benzene rings is 1. The fourth-order valence-electron chi connectivity index (χ4n) is 5.61. The van der Waals surface area contributed by atoms with Gasteiger partial charge in [0.05, 0.1) is 19.7 Å². The first kappa shape index (κ1) is 28.5. The number of piperidine rings is 1. The molecule has 1 saturated heterocycles. The monoisotopic (exact) mass is 546 g/mol. The second-order valence-corrected chi connectivity index (χ2v) is 10.6. The average Bonchev–Trinajstić information content (AvgIpc) is 2.92. The number of hydrogen-bond acceptors (Lipinski definition) is 8. The van der Waals surface area contributed by atoms with Crippen molar-refractivity contribution in [2.75, 3.05) is 56.9 Å². The lowest BCUT2D eigenvalue weighted by Crippen LogP contribution is -2.45. The summed E-state index contributed by atoms with van der Waals surface area (Å²) in [5.41, 5.74) is 0.782. The second kappa shape index (κ2) is 14.6. The zero-order chi connectivity index (χ0) is 26.7. The van der Waals surface area contributed by atoms with Gasteiger partial charge in [-0.1, -0.05) is 32.1 Å². The molecule has 2 fully saturated rings. The minimum absolute atomic E-state index is 0.0267. The SMILES string of the molecule is COc1cc2nc(NCCCNC(=O)CCl)nc(NC3CCN(C4CCCCCCC4)CC3)c2cc1OC. The molecule has 2 heterocycles. The molecule has 3 N–H and O–H groups in total. The maximum absolute atomic E-state index is 11.4. The first-order valence-corrected chi connectivity index (χ1v) is 14.7. The molecule has 0 bridgehead atoms. The molecule has 0 radical (unpaired) electrons. The lowest BCUT2D eigenvalue weighted by atomic mass is 9.93. The van der Waals surface area contributed by atoms with Crippen molar-refractivity contribution in [3.8, 4) is 11.5 Å². The van der Waals surface area contributed by atoms with Crippen LogP contribution >= 0.6 is 11.6 Å². The Bertz CT molecular complexity index is 1040. The van der Waals surface area contributed by atoms with Gasteiger partial charge in [0.2, 0.25) is 11.9 Å². The van der Waals surface area contributed by atoms with E-state index in [0.717, 1.165) is 55.1 Å². The lowest BCUT2D eigenvalue weighted by Gasteiger charge is -2.38. The van der Waals surface area contributed by atoms with Gasteiger partial charge in [-0.3, -0.25) is 4.79 Å². The second-order valence-electron chi connectivity index (χ2n) is 10.3. The summed E-state index contributed by atoms with van der Waals surface area (Å²) in [5, 5.41) is 10.7. The fourth-order valence-corrected chi connectivity index (χ4v) is 5.70. The number of halogens is 1. The van der Waals surface area contributed by atoms with E-state index in [0.29, 0.717) is 36.6 Å². The summed E-state index contributed by atoms with van der Waals surface area (Å²) in [4.78, 5) is 23.7. The third-order valence-electron chi connectivity index (χ3n) is 7.74. The number of ether oxygens (including phenoxy) is 2. The van der Waals surface area contributed by atoms with E-state index >= 15 is 0 Å². The topological polar surface area (TPSA) is 101 Å². The summed E-state index contributed by atoms with van der Waals surface area (Å²) in [6.45, 7) is 3.42. The van der Waals surface area contributed by atoms with Gasteiger partial charge >= 0.3 is 0 Å². The van der Waals surface area contributed by atoms with Crippen LogP contribution in [0.4, 0.5) is 11.8 Å². The molecule has 1 aromatic carbocycles. The predicted octanol–water partition coefficient (Wildman–Crippen LogP) is 4.79. The molecule has 1 amide bonds. The number of nitrogens with zero attached hydrogens (tertiary/aromatic N) is 3. The van der Waals surface area contributed by atoms with Gasteiger partial charge in [0, 0.05) is 49.7 Å². The number of likely N-dealkylation sites (tertiary alicyclic amines) is 1. The highest BCUT2D eigenvalue weighted by Crippen LogP contribution is 2.35. The lowest BCUT2D eigenvalue weighted by molar-refractivity contribution is -0.118. The normalized spacial score (nSPS) is 18.0. The maximum Gasteiger partial charge on any atom is 0.234 e. The Labute approximate surface area is 231 Å². The van der Waals surface area contributed by atoms with Crippen LogP contribution in [0.15, 0.2) is 12.1 Å². The van der Waals surface area contributed by atoms with E-state index in [9.17, 15) is 4.79 Å². The molecule has 4 rings (SSSR count). The minimum atomic E-state index is -0.165. The number of hydrogen-bond donors (Lipinski definition) is 3. The predicted molar refractivity (Wildman–Crippen MR) is 154 cm³/mol. The summed E-state index contributed by atoms with van der Waals surface area (Å²) >= 11 is 5.54. The Hall–Kier alpha value is -2.52. The quantitative estimate of drug-likeness (QED) is 0.273. The van der Waals surface area contributed by atoms with Crippen molar-refractivity contribution in [2.24, 2.45) is 0 Å². The van der Waals surface area contributed by atoms with Gasteiger partial charge in [0.25, 0.3) is 0 Å². The Kier molecular flexibility index (Phi) is 10.9. The van der Waals surface area contributed by atoms with Crippen molar-refractivity contribution in [1.82, 2.24) is 20.2 Å². The van der Waals surface area contributed by atoms with Crippen molar-refractivity contribution in [3.63, 3.8) is 0 Å². The number of nitrogens with one attached hydrogen (secondary N) is 3. The van der Waals surface area contributed by atoms with E-state index < -0.39 is 0 Å². The molecule has 1 aromatic heterocycles. The highest BCUT2D eigenvalue weighted by Gasteiger charge is 2.26. The molecule has 1 aliphatic heterocycles. The average molecular weight is 547 g/mol. The number of anilines is 2. The third kappa shape index (κ3) is 7.76.